The number of nitrogens with one attached hydrogen (secondary N) is 1. The molecule has 0 aromatic heterocycles. The average Bonchev–Trinajstić information content (AvgIpc) is 2.56. The molecule has 1 heterocycles. The highest BCUT2D eigenvalue weighted by atomic mass is 32.2. The predicted octanol–water partition coefficient (Wildman–Crippen LogP) is 1.44. The van der Waals surface area contributed by atoms with Gasteiger partial charge < -0.3 is 9.84 Å². The lowest BCUT2D eigenvalue weighted by molar-refractivity contribution is -0.137. The lowest BCUT2D eigenvalue weighted by atomic mass is 10.2. The summed E-state index contributed by atoms with van der Waals surface area (Å²) in [6, 6.07) is 8.62. The molecule has 0 aliphatic carbocycles. The van der Waals surface area contributed by atoms with Crippen LogP contribution < -0.4 is 14.4 Å². The molecule has 2 aromatic rings. The lowest BCUT2D eigenvalue weighted by Crippen LogP contribution is -2.42. The molecule has 8 nitrogen and oxygen atoms in total. The third-order valence-electron chi connectivity index (χ3n) is 3.55. The molecule has 10 heteroatoms. The van der Waals surface area contributed by atoms with Crippen LogP contribution in [-0.2, 0) is 19.6 Å². The molecule has 0 unspecified atom stereocenters. The van der Waals surface area contributed by atoms with E-state index in [2.05, 4.69) is 4.72 Å². The monoisotopic (exact) mass is 380 g/mol. The molecule has 0 atom stereocenters. The van der Waals surface area contributed by atoms with Crippen LogP contribution in [0.3, 0.4) is 0 Å². The number of benzene rings is 2. The molecule has 26 heavy (non-hydrogen) atoms. The van der Waals surface area contributed by atoms with Crippen molar-refractivity contribution < 1.29 is 32.2 Å². The number of fused-ring (bicyclic) bond motifs is 1. The number of sulfonamides is 1. The zero-order valence-corrected chi connectivity index (χ0v) is 14.0. The number of hydrogen-bond acceptors (Lipinski definition) is 5. The van der Waals surface area contributed by atoms with E-state index in [9.17, 15) is 22.4 Å². The van der Waals surface area contributed by atoms with Gasteiger partial charge in [-0.25, -0.2) is 12.8 Å². The van der Waals surface area contributed by atoms with Gasteiger partial charge in [0.1, 0.15) is 18.1 Å². The molecular formula is C16H13FN2O6S. The SMILES string of the molecule is O=C(O)CN1C(=O)COc2ccc(S(=O)(=O)Nc3cccc(F)c3)cc21. The maximum atomic E-state index is 13.2. The minimum atomic E-state index is -4.09. The number of aliphatic carboxylic acids is 1. The molecule has 0 fully saturated rings. The molecule has 2 N–H and O–H groups in total. The first-order chi connectivity index (χ1) is 12.3. The van der Waals surface area contributed by atoms with Gasteiger partial charge in [0, 0.05) is 0 Å². The molecule has 0 bridgehead atoms. The smallest absolute Gasteiger partial charge is 0.323 e. The van der Waals surface area contributed by atoms with Gasteiger partial charge in [0.05, 0.1) is 16.3 Å². The molecule has 0 spiro atoms. The molecule has 0 radical (unpaired) electrons. The second kappa shape index (κ2) is 6.64. The second-order valence-corrected chi connectivity index (χ2v) is 7.09. The van der Waals surface area contributed by atoms with Crippen molar-refractivity contribution >= 4 is 33.3 Å². The minimum absolute atomic E-state index is 0.0254. The summed E-state index contributed by atoms with van der Waals surface area (Å²) < 4.78 is 45.7. The first kappa shape index (κ1) is 17.7. The van der Waals surface area contributed by atoms with Crippen LogP contribution in [0.2, 0.25) is 0 Å². The molecule has 0 saturated carbocycles. The van der Waals surface area contributed by atoms with Crippen LogP contribution in [0.5, 0.6) is 5.75 Å². The first-order valence-electron chi connectivity index (χ1n) is 7.34. The van der Waals surface area contributed by atoms with E-state index in [1.807, 2.05) is 0 Å². The van der Waals surface area contributed by atoms with Crippen molar-refractivity contribution in [2.75, 3.05) is 22.8 Å². The average molecular weight is 380 g/mol. The van der Waals surface area contributed by atoms with Crippen LogP contribution in [0.1, 0.15) is 0 Å². The van der Waals surface area contributed by atoms with E-state index in [0.29, 0.717) is 0 Å². The standard InChI is InChI=1S/C16H13FN2O6S/c17-10-2-1-3-11(6-10)18-26(23,24)12-4-5-14-13(7-12)19(8-16(21)22)15(20)9-25-14/h1-7,18H,8-9H2,(H,21,22). The summed E-state index contributed by atoms with van der Waals surface area (Å²) in [4.78, 5) is 23.6. The number of carbonyl (C=O) groups is 2. The number of hydrogen-bond donors (Lipinski definition) is 2. The zero-order chi connectivity index (χ0) is 18.9. The Bertz CT molecular complexity index is 992. The van der Waals surface area contributed by atoms with Gasteiger partial charge in [-0.1, -0.05) is 6.07 Å². The number of halogens is 1. The Morgan fingerprint density at radius 3 is 2.73 bits per heavy atom. The normalized spacial score (nSPS) is 13.7. The van der Waals surface area contributed by atoms with E-state index < -0.39 is 34.3 Å². The van der Waals surface area contributed by atoms with Crippen molar-refractivity contribution in [2.24, 2.45) is 0 Å². The third-order valence-corrected chi connectivity index (χ3v) is 4.93. The van der Waals surface area contributed by atoms with Crippen LogP contribution in [0, 0.1) is 5.82 Å². The number of rotatable bonds is 5. The van der Waals surface area contributed by atoms with Crippen LogP contribution in [0.25, 0.3) is 0 Å². The molecule has 2 aromatic carbocycles. The van der Waals surface area contributed by atoms with Crippen molar-refractivity contribution in [1.82, 2.24) is 0 Å². The molecule has 0 saturated heterocycles. The zero-order valence-electron chi connectivity index (χ0n) is 13.2. The van der Waals surface area contributed by atoms with Gasteiger partial charge in [0.2, 0.25) is 0 Å². The third kappa shape index (κ3) is 3.59. The maximum Gasteiger partial charge on any atom is 0.323 e. The molecule has 3 rings (SSSR count). The molecule has 1 aliphatic rings. The van der Waals surface area contributed by atoms with E-state index >= 15 is 0 Å². The summed E-state index contributed by atoms with van der Waals surface area (Å²) in [7, 11) is -4.09. The second-order valence-electron chi connectivity index (χ2n) is 5.41. The number of amides is 1. The van der Waals surface area contributed by atoms with E-state index in [1.54, 1.807) is 0 Å². The van der Waals surface area contributed by atoms with Gasteiger partial charge in [-0.05, 0) is 36.4 Å². The van der Waals surface area contributed by atoms with Gasteiger partial charge in [0.15, 0.2) is 6.61 Å². The topological polar surface area (TPSA) is 113 Å². The quantitative estimate of drug-likeness (QED) is 0.812. The minimum Gasteiger partial charge on any atom is -0.482 e. The number of nitrogens with zero attached hydrogens (tertiary/aromatic N) is 1. The van der Waals surface area contributed by atoms with E-state index in [4.69, 9.17) is 9.84 Å². The van der Waals surface area contributed by atoms with Crippen molar-refractivity contribution in [3.63, 3.8) is 0 Å². The fraction of sp³-hybridized carbons (Fsp3) is 0.125. The Kier molecular flexibility index (Phi) is 4.51. The fourth-order valence-corrected chi connectivity index (χ4v) is 3.49. The Balaban J connectivity index is 1.97. The number of carboxylic acid groups (broad SMARTS) is 1. The van der Waals surface area contributed by atoms with Gasteiger partial charge in [-0.3, -0.25) is 19.2 Å². The summed E-state index contributed by atoms with van der Waals surface area (Å²) in [6.07, 6.45) is 0. The Morgan fingerprint density at radius 2 is 2.04 bits per heavy atom. The van der Waals surface area contributed by atoms with Crippen molar-refractivity contribution in [3.8, 4) is 5.75 Å². The van der Waals surface area contributed by atoms with Crippen molar-refractivity contribution in [1.29, 1.82) is 0 Å². The van der Waals surface area contributed by atoms with E-state index in [-0.39, 0.29) is 28.6 Å². The van der Waals surface area contributed by atoms with Crippen molar-refractivity contribution in [3.05, 3.63) is 48.3 Å². The Labute approximate surface area is 147 Å². The predicted molar refractivity (Wildman–Crippen MR) is 89.1 cm³/mol. The summed E-state index contributed by atoms with van der Waals surface area (Å²) in [5.41, 5.74) is 0.0585. The van der Waals surface area contributed by atoms with Crippen LogP contribution in [-0.4, -0.2) is 38.6 Å². The molecular weight excluding hydrogens is 367 g/mol. The number of carbonyl (C=O) groups excluding carboxylic acids is 1. The largest absolute Gasteiger partial charge is 0.482 e. The maximum absolute atomic E-state index is 13.2. The number of anilines is 2. The molecule has 1 aliphatic heterocycles. The summed E-state index contributed by atoms with van der Waals surface area (Å²) >= 11 is 0. The van der Waals surface area contributed by atoms with Crippen LogP contribution in [0.15, 0.2) is 47.4 Å². The van der Waals surface area contributed by atoms with Crippen LogP contribution in [0.4, 0.5) is 15.8 Å². The Hall–Kier alpha value is -3.14. The lowest BCUT2D eigenvalue weighted by Gasteiger charge is -2.28. The molecule has 136 valence electrons. The number of carboxylic acids is 1. The van der Waals surface area contributed by atoms with Crippen molar-refractivity contribution in [2.45, 2.75) is 4.90 Å². The highest BCUT2D eigenvalue weighted by molar-refractivity contribution is 7.92. The number of ether oxygens (including phenoxy) is 1. The van der Waals surface area contributed by atoms with Gasteiger partial charge in [-0.2, -0.15) is 0 Å². The summed E-state index contributed by atoms with van der Waals surface area (Å²) in [5.74, 6) is -2.28. The Morgan fingerprint density at radius 1 is 1.27 bits per heavy atom. The highest BCUT2D eigenvalue weighted by Gasteiger charge is 2.29. The van der Waals surface area contributed by atoms with E-state index in [1.165, 1.54) is 30.3 Å². The van der Waals surface area contributed by atoms with Gasteiger partial charge >= 0.3 is 5.97 Å². The van der Waals surface area contributed by atoms with Gasteiger partial charge in [-0.15, -0.1) is 0 Å². The summed E-state index contributed by atoms with van der Waals surface area (Å²) in [5, 5.41) is 8.96. The molecule has 1 amide bonds. The highest BCUT2D eigenvalue weighted by Crippen LogP contribution is 2.34. The van der Waals surface area contributed by atoms with E-state index in [0.717, 1.165) is 17.0 Å². The van der Waals surface area contributed by atoms with Gasteiger partial charge in [0.25, 0.3) is 15.9 Å². The van der Waals surface area contributed by atoms with Crippen LogP contribution >= 0.6 is 0 Å². The fourth-order valence-electron chi connectivity index (χ4n) is 2.42. The first-order valence-corrected chi connectivity index (χ1v) is 8.82. The summed E-state index contributed by atoms with van der Waals surface area (Å²) in [6.45, 7) is -0.968.